The Labute approximate surface area is 129 Å². The van der Waals surface area contributed by atoms with Crippen LogP contribution in [0.25, 0.3) is 0 Å². The molecule has 3 heteroatoms. The summed E-state index contributed by atoms with van der Waals surface area (Å²) in [5, 5.41) is 9.05. The Bertz CT molecular complexity index is 422. The van der Waals surface area contributed by atoms with Gasteiger partial charge in [-0.3, -0.25) is 9.80 Å². The van der Waals surface area contributed by atoms with Crippen molar-refractivity contribution in [2.75, 3.05) is 39.3 Å². The lowest BCUT2D eigenvalue weighted by molar-refractivity contribution is 0.196. The van der Waals surface area contributed by atoms with Crippen LogP contribution in [0.1, 0.15) is 38.3 Å². The average molecular weight is 290 g/mol. The van der Waals surface area contributed by atoms with Gasteiger partial charge in [0, 0.05) is 26.2 Å². The van der Waals surface area contributed by atoms with Crippen molar-refractivity contribution in [3.8, 4) is 0 Å². The van der Waals surface area contributed by atoms with E-state index in [9.17, 15) is 0 Å². The van der Waals surface area contributed by atoms with E-state index in [0.29, 0.717) is 0 Å². The molecule has 1 aliphatic heterocycles. The van der Waals surface area contributed by atoms with E-state index in [1.54, 1.807) is 0 Å². The standard InChI is InChI=1S/C18H30N2O/c1-18(2,3)17-7-5-16(6-8-17)15-20-10-4-9-19(11-12-20)13-14-21/h5-8,21H,4,9-15H2,1-3H3. The molecule has 0 saturated carbocycles. The van der Waals surface area contributed by atoms with Crippen LogP contribution in [0.2, 0.25) is 0 Å². The zero-order valence-electron chi connectivity index (χ0n) is 13.8. The van der Waals surface area contributed by atoms with E-state index in [2.05, 4.69) is 54.8 Å². The van der Waals surface area contributed by atoms with Gasteiger partial charge in [-0.1, -0.05) is 45.0 Å². The fraction of sp³-hybridized carbons (Fsp3) is 0.667. The van der Waals surface area contributed by atoms with Gasteiger partial charge in [0.05, 0.1) is 6.61 Å². The molecule has 0 atom stereocenters. The van der Waals surface area contributed by atoms with Crippen molar-refractivity contribution in [2.24, 2.45) is 0 Å². The van der Waals surface area contributed by atoms with Crippen molar-refractivity contribution >= 4 is 0 Å². The maximum absolute atomic E-state index is 9.05. The van der Waals surface area contributed by atoms with E-state index in [1.807, 2.05) is 0 Å². The van der Waals surface area contributed by atoms with Gasteiger partial charge >= 0.3 is 0 Å². The Balaban J connectivity index is 1.89. The molecule has 0 bridgehead atoms. The molecule has 1 aromatic carbocycles. The molecule has 21 heavy (non-hydrogen) atoms. The fourth-order valence-corrected chi connectivity index (χ4v) is 2.92. The molecule has 1 saturated heterocycles. The van der Waals surface area contributed by atoms with Crippen molar-refractivity contribution < 1.29 is 5.11 Å². The summed E-state index contributed by atoms with van der Waals surface area (Å²) >= 11 is 0. The summed E-state index contributed by atoms with van der Waals surface area (Å²) in [6, 6.07) is 9.09. The second-order valence-electron chi connectivity index (χ2n) is 7.14. The lowest BCUT2D eigenvalue weighted by atomic mass is 9.87. The maximum Gasteiger partial charge on any atom is 0.0558 e. The smallest absolute Gasteiger partial charge is 0.0558 e. The number of rotatable bonds is 4. The molecule has 0 amide bonds. The van der Waals surface area contributed by atoms with Crippen molar-refractivity contribution in [3.05, 3.63) is 35.4 Å². The lowest BCUT2D eigenvalue weighted by Crippen LogP contribution is -2.32. The van der Waals surface area contributed by atoms with E-state index < -0.39 is 0 Å². The van der Waals surface area contributed by atoms with Gasteiger partial charge in [-0.15, -0.1) is 0 Å². The molecule has 1 N–H and O–H groups in total. The second-order valence-corrected chi connectivity index (χ2v) is 7.14. The highest BCUT2D eigenvalue weighted by Crippen LogP contribution is 2.22. The van der Waals surface area contributed by atoms with Gasteiger partial charge in [0.2, 0.25) is 0 Å². The maximum atomic E-state index is 9.05. The minimum absolute atomic E-state index is 0.228. The summed E-state index contributed by atoms with van der Waals surface area (Å²) in [6.07, 6.45) is 1.19. The largest absolute Gasteiger partial charge is 0.395 e. The number of benzene rings is 1. The van der Waals surface area contributed by atoms with Crippen molar-refractivity contribution in [3.63, 3.8) is 0 Å². The quantitative estimate of drug-likeness (QED) is 0.923. The van der Waals surface area contributed by atoms with E-state index in [0.717, 1.165) is 39.3 Å². The van der Waals surface area contributed by atoms with Crippen molar-refractivity contribution in [1.82, 2.24) is 9.80 Å². The normalized spacial score (nSPS) is 18.7. The number of hydrogen-bond acceptors (Lipinski definition) is 3. The first kappa shape index (κ1) is 16.5. The summed E-state index contributed by atoms with van der Waals surface area (Å²) in [4.78, 5) is 4.90. The van der Waals surface area contributed by atoms with Crippen LogP contribution in [0.15, 0.2) is 24.3 Å². The van der Waals surface area contributed by atoms with Crippen molar-refractivity contribution in [2.45, 2.75) is 39.2 Å². The van der Waals surface area contributed by atoms with Crippen LogP contribution in [-0.2, 0) is 12.0 Å². The SMILES string of the molecule is CC(C)(C)c1ccc(CN2CCCN(CCO)CC2)cc1. The average Bonchev–Trinajstić information content (AvgIpc) is 2.65. The number of hydrogen-bond donors (Lipinski definition) is 1. The molecule has 1 fully saturated rings. The Morgan fingerprint density at radius 2 is 1.57 bits per heavy atom. The van der Waals surface area contributed by atoms with Gasteiger partial charge in [0.25, 0.3) is 0 Å². The third kappa shape index (κ3) is 5.10. The van der Waals surface area contributed by atoms with Crippen molar-refractivity contribution in [1.29, 1.82) is 0 Å². The molecule has 0 radical (unpaired) electrons. The minimum atomic E-state index is 0.228. The van der Waals surface area contributed by atoms with Gasteiger partial charge in [-0.05, 0) is 36.1 Å². The van der Waals surface area contributed by atoms with Gasteiger partial charge in [0.15, 0.2) is 0 Å². The summed E-state index contributed by atoms with van der Waals surface area (Å²) < 4.78 is 0. The predicted octanol–water partition coefficient (Wildman–Crippen LogP) is 2.48. The first-order chi connectivity index (χ1) is 9.99. The zero-order chi connectivity index (χ0) is 15.3. The number of aliphatic hydroxyl groups is 1. The third-order valence-corrected chi connectivity index (χ3v) is 4.32. The minimum Gasteiger partial charge on any atom is -0.395 e. The third-order valence-electron chi connectivity index (χ3n) is 4.32. The molecular formula is C18H30N2O. The van der Waals surface area contributed by atoms with Crippen LogP contribution in [-0.4, -0.2) is 54.2 Å². The number of β-amino-alcohol motifs (C(OH)–C–C–N with tert-alkyl or cyclic N) is 1. The second kappa shape index (κ2) is 7.39. The Morgan fingerprint density at radius 3 is 2.19 bits per heavy atom. The molecule has 1 aromatic rings. The highest BCUT2D eigenvalue weighted by Gasteiger charge is 2.16. The topological polar surface area (TPSA) is 26.7 Å². The van der Waals surface area contributed by atoms with Gasteiger partial charge in [-0.2, -0.15) is 0 Å². The van der Waals surface area contributed by atoms with E-state index in [1.165, 1.54) is 17.5 Å². The highest BCUT2D eigenvalue weighted by molar-refractivity contribution is 5.27. The Morgan fingerprint density at radius 1 is 0.952 bits per heavy atom. The first-order valence-corrected chi connectivity index (χ1v) is 8.14. The molecule has 0 aliphatic carbocycles. The summed E-state index contributed by atoms with van der Waals surface area (Å²) in [6.45, 7) is 13.3. The van der Waals surface area contributed by atoms with E-state index >= 15 is 0 Å². The van der Waals surface area contributed by atoms with Gasteiger partial charge in [0.1, 0.15) is 0 Å². The monoisotopic (exact) mass is 290 g/mol. The van der Waals surface area contributed by atoms with Crippen LogP contribution in [0, 0.1) is 0 Å². The van der Waals surface area contributed by atoms with Crippen LogP contribution in [0.4, 0.5) is 0 Å². The van der Waals surface area contributed by atoms with Crippen LogP contribution in [0.5, 0.6) is 0 Å². The van der Waals surface area contributed by atoms with Crippen LogP contribution >= 0.6 is 0 Å². The number of nitrogens with zero attached hydrogens (tertiary/aromatic N) is 2. The molecule has 0 spiro atoms. The molecule has 118 valence electrons. The number of aliphatic hydroxyl groups excluding tert-OH is 1. The van der Waals surface area contributed by atoms with Gasteiger partial charge < -0.3 is 5.11 Å². The Hall–Kier alpha value is -0.900. The van der Waals surface area contributed by atoms with E-state index in [4.69, 9.17) is 5.11 Å². The molecule has 1 heterocycles. The van der Waals surface area contributed by atoms with Crippen LogP contribution < -0.4 is 0 Å². The molecule has 0 unspecified atom stereocenters. The van der Waals surface area contributed by atoms with Gasteiger partial charge in [-0.25, -0.2) is 0 Å². The molecular weight excluding hydrogens is 260 g/mol. The van der Waals surface area contributed by atoms with E-state index in [-0.39, 0.29) is 12.0 Å². The zero-order valence-corrected chi connectivity index (χ0v) is 13.8. The summed E-state index contributed by atoms with van der Waals surface area (Å²) in [7, 11) is 0. The highest BCUT2D eigenvalue weighted by atomic mass is 16.3. The Kier molecular flexibility index (Phi) is 5.80. The summed E-state index contributed by atoms with van der Waals surface area (Å²) in [5.41, 5.74) is 3.03. The lowest BCUT2D eigenvalue weighted by Gasteiger charge is -2.22. The molecule has 1 aliphatic rings. The van der Waals surface area contributed by atoms with Crippen LogP contribution in [0.3, 0.4) is 0 Å². The first-order valence-electron chi connectivity index (χ1n) is 8.14. The summed E-state index contributed by atoms with van der Waals surface area (Å²) in [5.74, 6) is 0. The molecule has 0 aromatic heterocycles. The predicted molar refractivity (Wildman–Crippen MR) is 88.6 cm³/mol. The fourth-order valence-electron chi connectivity index (χ4n) is 2.92. The molecule has 3 nitrogen and oxygen atoms in total. The molecule has 2 rings (SSSR count).